The number of nitrogens with zero attached hydrogens (tertiary/aromatic N) is 3. The molecule has 11 nitrogen and oxygen atoms in total. The minimum absolute atomic E-state index is 0.0476. The van der Waals surface area contributed by atoms with Crippen molar-refractivity contribution in [1.82, 2.24) is 20.0 Å². The monoisotopic (exact) mass is 715 g/mol. The number of rotatable bonds is 8. The van der Waals surface area contributed by atoms with E-state index < -0.39 is 10.0 Å². The lowest BCUT2D eigenvalue weighted by atomic mass is 9.96. The number of sulfonamides is 1. The number of piperidine rings is 1. The van der Waals surface area contributed by atoms with Gasteiger partial charge in [-0.15, -0.1) is 0 Å². The molecule has 4 aromatic rings. The van der Waals surface area contributed by atoms with Crippen LogP contribution in [-0.4, -0.2) is 62.2 Å². The highest BCUT2D eigenvalue weighted by Crippen LogP contribution is 2.27. The molecule has 274 valence electrons. The smallest absolute Gasteiger partial charge is 0.261 e. The molecule has 12 heteroatoms. The van der Waals surface area contributed by atoms with Crippen molar-refractivity contribution >= 4 is 44.0 Å². The quantitative estimate of drug-likeness (QED) is 0.148. The summed E-state index contributed by atoms with van der Waals surface area (Å²) in [5, 5.41) is 14.1. The predicted octanol–water partition coefficient (Wildman–Crippen LogP) is 5.98. The Balaban J connectivity index is 0.000000709. The zero-order valence-electron chi connectivity index (χ0n) is 30.4. The highest BCUT2D eigenvalue weighted by Gasteiger charge is 2.26. The number of benzene rings is 3. The topological polar surface area (TPSA) is 163 Å². The van der Waals surface area contributed by atoms with Crippen LogP contribution < -0.4 is 26.0 Å². The molecule has 3 aromatic carbocycles. The highest BCUT2D eigenvalue weighted by molar-refractivity contribution is 7.89. The molecule has 2 aliphatic rings. The number of carbonyl (C=O) groups excluding carboxylic acids is 1. The van der Waals surface area contributed by atoms with Gasteiger partial charge >= 0.3 is 0 Å². The van der Waals surface area contributed by atoms with Crippen LogP contribution >= 0.6 is 0 Å². The van der Waals surface area contributed by atoms with Crippen LogP contribution in [0.15, 0.2) is 102 Å². The first-order valence-electron chi connectivity index (χ1n) is 17.6. The Labute approximate surface area is 303 Å². The number of aliphatic hydroxyl groups is 1. The summed E-state index contributed by atoms with van der Waals surface area (Å²) >= 11 is 0. The van der Waals surface area contributed by atoms with Gasteiger partial charge in [-0.3, -0.25) is 14.5 Å². The largest absolute Gasteiger partial charge is 0.396 e. The fraction of sp³-hybridized carbons (Fsp3) is 0.359. The van der Waals surface area contributed by atoms with E-state index in [4.69, 9.17) is 15.8 Å². The number of dihydropyridines is 1. The molecule has 0 atom stereocenters. The van der Waals surface area contributed by atoms with Crippen LogP contribution in [0.25, 0.3) is 16.6 Å². The number of carbonyl (C=O) groups is 1. The molecule has 0 bridgehead atoms. The molecule has 0 radical (unpaired) electrons. The van der Waals surface area contributed by atoms with Gasteiger partial charge in [0.2, 0.25) is 5.91 Å². The van der Waals surface area contributed by atoms with E-state index in [-0.39, 0.29) is 16.7 Å². The van der Waals surface area contributed by atoms with Gasteiger partial charge in [0, 0.05) is 43.2 Å². The molecule has 0 saturated carbocycles. The summed E-state index contributed by atoms with van der Waals surface area (Å²) in [6, 6.07) is 22.0. The molecule has 6 N–H and O–H groups in total. The molecule has 1 amide bonds. The van der Waals surface area contributed by atoms with E-state index in [9.17, 15) is 13.2 Å². The first kappa shape index (κ1) is 40.6. The van der Waals surface area contributed by atoms with E-state index in [1.807, 2.05) is 89.4 Å². The van der Waals surface area contributed by atoms with Crippen LogP contribution in [0.2, 0.25) is 0 Å². The second-order valence-electron chi connectivity index (χ2n) is 11.7. The molecule has 0 aliphatic carbocycles. The Morgan fingerprint density at radius 3 is 2.27 bits per heavy atom. The maximum absolute atomic E-state index is 12.8. The number of fused-ring (bicyclic) bond motifs is 1. The lowest BCUT2D eigenvalue weighted by Gasteiger charge is -2.32. The zero-order chi connectivity index (χ0) is 37.2. The second-order valence-corrected chi connectivity index (χ2v) is 13.4. The molecular formula is C39H53N7O4S. The number of hydrogen-bond acceptors (Lipinski definition) is 9. The maximum atomic E-state index is 12.8. The number of nitrogens with two attached hydrogens (primary N) is 1. The molecule has 1 saturated heterocycles. The van der Waals surface area contributed by atoms with Crippen LogP contribution in [-0.2, 0) is 14.8 Å². The Bertz CT molecular complexity index is 1840. The molecule has 1 aromatic heterocycles. The van der Waals surface area contributed by atoms with Crippen LogP contribution in [0.1, 0.15) is 58.1 Å². The number of hydrogen-bond donors (Lipinski definition) is 5. The van der Waals surface area contributed by atoms with Crippen molar-refractivity contribution in [2.45, 2.75) is 58.8 Å². The molecule has 6 rings (SSSR count). The second kappa shape index (κ2) is 20.8. The zero-order valence-corrected chi connectivity index (χ0v) is 31.2. The van der Waals surface area contributed by atoms with E-state index in [2.05, 4.69) is 25.2 Å². The minimum atomic E-state index is -3.68. The summed E-state index contributed by atoms with van der Waals surface area (Å²) in [4.78, 5) is 24.7. The van der Waals surface area contributed by atoms with Gasteiger partial charge in [0.15, 0.2) is 0 Å². The Morgan fingerprint density at radius 1 is 1.00 bits per heavy atom. The van der Waals surface area contributed by atoms with E-state index >= 15 is 0 Å². The first-order chi connectivity index (χ1) is 24.7. The highest BCUT2D eigenvalue weighted by atomic mass is 32.2. The number of aromatic nitrogens is 2. The number of amides is 1. The van der Waals surface area contributed by atoms with Crippen LogP contribution in [0.4, 0.5) is 11.5 Å². The number of anilines is 2. The molecule has 51 heavy (non-hydrogen) atoms. The third kappa shape index (κ3) is 12.2. The predicted molar refractivity (Wildman–Crippen MR) is 209 cm³/mol. The third-order valence-corrected chi connectivity index (χ3v) is 9.22. The van der Waals surface area contributed by atoms with Crippen molar-refractivity contribution in [2.75, 3.05) is 43.0 Å². The van der Waals surface area contributed by atoms with Gasteiger partial charge in [-0.1, -0.05) is 69.7 Å². The maximum Gasteiger partial charge on any atom is 0.261 e. The SMILES string of the molecule is CC.CCCO.CCN.Cc1ccc(NC(=O)C2CCN(c3cnc4ccc(C5=CNCC(NS(=O)(=O)c6ccccc6)=C5)cc4n3)CC2)cc1. The van der Waals surface area contributed by atoms with Crippen LogP contribution in [0.5, 0.6) is 0 Å². The average Bonchev–Trinajstić information content (AvgIpc) is 3.17. The van der Waals surface area contributed by atoms with Crippen molar-refractivity contribution < 1.29 is 18.3 Å². The van der Waals surface area contributed by atoms with Crippen LogP contribution in [0, 0.1) is 12.8 Å². The molecule has 0 unspecified atom stereocenters. The number of aryl methyl sites for hydroxylation is 1. The third-order valence-electron chi connectivity index (χ3n) is 7.79. The van der Waals surface area contributed by atoms with Gasteiger partial charge in [0.25, 0.3) is 10.0 Å². The Kier molecular flexibility index (Phi) is 16.6. The molecular weight excluding hydrogens is 663 g/mol. The van der Waals surface area contributed by atoms with Gasteiger partial charge in [-0.25, -0.2) is 13.4 Å². The van der Waals surface area contributed by atoms with E-state index in [1.165, 1.54) is 0 Å². The fourth-order valence-electron chi connectivity index (χ4n) is 5.20. The van der Waals surface area contributed by atoms with Gasteiger partial charge in [0.05, 0.1) is 28.7 Å². The van der Waals surface area contributed by atoms with Crippen molar-refractivity contribution in [3.05, 3.63) is 108 Å². The van der Waals surface area contributed by atoms with Gasteiger partial charge < -0.3 is 26.4 Å². The molecule has 1 fully saturated rings. The lowest BCUT2D eigenvalue weighted by Crippen LogP contribution is -2.38. The van der Waals surface area contributed by atoms with E-state index in [0.29, 0.717) is 31.9 Å². The number of aliphatic hydroxyl groups excluding tert-OH is 1. The average molecular weight is 716 g/mol. The lowest BCUT2D eigenvalue weighted by molar-refractivity contribution is -0.120. The van der Waals surface area contributed by atoms with Gasteiger partial charge in [0.1, 0.15) is 5.82 Å². The standard InChI is InChI=1S/C32H32N6O3S.C3H8O.C2H7N.C2H6/c1-22-7-10-26(11-8-22)35-32(39)23-13-15-38(16-14-23)31-21-34-29-12-9-24(18-30(29)36-31)25-17-27(20-33-19-25)37-42(40,41)28-5-3-2-4-6-28;1-2-3-4;1-2-3;1-2/h2-12,17-19,21,23,33,37H,13-16,20H2,1H3,(H,35,39);4H,2-3H2,1H3;2-3H2,1H3;1-2H3. The summed E-state index contributed by atoms with van der Waals surface area (Å²) in [6.07, 6.45) is 7.84. The summed E-state index contributed by atoms with van der Waals surface area (Å²) in [6.45, 7) is 12.7. The summed E-state index contributed by atoms with van der Waals surface area (Å²) in [5.74, 6) is 0.786. The Morgan fingerprint density at radius 2 is 1.65 bits per heavy atom. The van der Waals surface area contributed by atoms with Crippen LogP contribution in [0.3, 0.4) is 0 Å². The van der Waals surface area contributed by atoms with Crippen molar-refractivity contribution in [3.8, 4) is 0 Å². The number of nitrogens with one attached hydrogen (secondary N) is 3. The van der Waals surface area contributed by atoms with Crippen molar-refractivity contribution in [2.24, 2.45) is 11.7 Å². The summed E-state index contributed by atoms with van der Waals surface area (Å²) in [7, 11) is -3.68. The fourth-order valence-corrected chi connectivity index (χ4v) is 6.31. The van der Waals surface area contributed by atoms with Crippen molar-refractivity contribution in [3.63, 3.8) is 0 Å². The molecule has 0 spiro atoms. The summed E-state index contributed by atoms with van der Waals surface area (Å²) in [5.41, 5.74) is 10.6. The minimum Gasteiger partial charge on any atom is -0.396 e. The van der Waals surface area contributed by atoms with Crippen molar-refractivity contribution in [1.29, 1.82) is 0 Å². The van der Waals surface area contributed by atoms with E-state index in [1.54, 1.807) is 36.5 Å². The van der Waals surface area contributed by atoms with Gasteiger partial charge in [-0.05, 0) is 86.3 Å². The van der Waals surface area contributed by atoms with Gasteiger partial charge in [-0.2, -0.15) is 0 Å². The number of allylic oxidation sites excluding steroid dienone is 2. The Hall–Kier alpha value is -4.78. The van der Waals surface area contributed by atoms with E-state index in [0.717, 1.165) is 65.0 Å². The molecule has 2 aliphatic heterocycles. The summed E-state index contributed by atoms with van der Waals surface area (Å²) < 4.78 is 28.3. The first-order valence-corrected chi connectivity index (χ1v) is 19.1. The molecule has 3 heterocycles. The normalized spacial score (nSPS) is 14.1.